The largest absolute Gasteiger partial charge is 0.416 e. The Bertz CT molecular complexity index is 3720. The summed E-state index contributed by atoms with van der Waals surface area (Å²) in [6.07, 6.45) is 7.42. The second-order valence-corrected chi connectivity index (χ2v) is 16.5. The van der Waals surface area contributed by atoms with E-state index in [2.05, 4.69) is 145 Å². The maximum absolute atomic E-state index is 13.9. The number of aromatic nitrogens is 3. The molecule has 0 aliphatic heterocycles. The first-order valence-electron chi connectivity index (χ1n) is 21.1. The summed E-state index contributed by atoms with van der Waals surface area (Å²) >= 11 is 0. The van der Waals surface area contributed by atoms with Crippen molar-refractivity contribution < 1.29 is 13.2 Å². The number of benzene rings is 8. The molecule has 0 fully saturated rings. The quantitative estimate of drug-likeness (QED) is 0.162. The Hall–Kier alpha value is -7.83. The Kier molecular flexibility index (Phi) is 8.44. The van der Waals surface area contributed by atoms with E-state index in [0.717, 1.165) is 55.0 Å². The lowest BCUT2D eigenvalue weighted by molar-refractivity contribution is -0.0888. The maximum atomic E-state index is 13.9. The zero-order valence-electron chi connectivity index (χ0n) is 33.8. The van der Waals surface area contributed by atoms with Crippen LogP contribution in [0.15, 0.2) is 206 Å². The van der Waals surface area contributed by atoms with Crippen LogP contribution in [-0.4, -0.2) is 20.7 Å². The molecule has 1 atom stereocenters. The van der Waals surface area contributed by atoms with E-state index in [1.54, 1.807) is 18.5 Å². The number of rotatable bonds is 5. The predicted molar refractivity (Wildman–Crippen MR) is 254 cm³/mol. The number of alkyl halides is 3. The van der Waals surface area contributed by atoms with Crippen molar-refractivity contribution in [3.05, 3.63) is 206 Å². The van der Waals surface area contributed by atoms with Crippen LogP contribution in [0.1, 0.15) is 12.5 Å². The van der Waals surface area contributed by atoms with Gasteiger partial charge in [0.25, 0.3) is 0 Å². The number of fused-ring (bicyclic) bond motifs is 7. The van der Waals surface area contributed by atoms with E-state index < -0.39 is 17.8 Å². The minimum absolute atomic E-state index is 0.453. The van der Waals surface area contributed by atoms with E-state index in [-0.39, 0.29) is 0 Å². The highest BCUT2D eigenvalue weighted by Gasteiger charge is 2.34. The fourth-order valence-electron chi connectivity index (χ4n) is 9.89. The molecule has 6 heteroatoms. The molecule has 1 aliphatic rings. The summed E-state index contributed by atoms with van der Waals surface area (Å²) in [5.41, 5.74) is 9.65. The summed E-state index contributed by atoms with van der Waals surface area (Å²) in [6.45, 7) is 0. The van der Waals surface area contributed by atoms with Crippen LogP contribution >= 0.6 is 0 Å². The third-order valence-electron chi connectivity index (χ3n) is 12.8. The van der Waals surface area contributed by atoms with Gasteiger partial charge in [-0.2, -0.15) is 13.2 Å². The average Bonchev–Trinajstić information content (AvgIpc) is 3.66. The number of allylic oxidation sites excluding steroid dienone is 4. The highest BCUT2D eigenvalue weighted by Crippen LogP contribution is 2.46. The Morgan fingerprint density at radius 2 is 1.02 bits per heavy atom. The van der Waals surface area contributed by atoms with Crippen molar-refractivity contribution in [1.82, 2.24) is 14.5 Å². The van der Waals surface area contributed by atoms with E-state index in [1.807, 2.05) is 35.2 Å². The molecule has 11 aromatic rings. The van der Waals surface area contributed by atoms with E-state index >= 15 is 0 Å². The second-order valence-electron chi connectivity index (χ2n) is 16.5. The lowest BCUT2D eigenvalue weighted by Crippen LogP contribution is -2.16. The molecule has 3 heterocycles. The molecule has 0 amide bonds. The summed E-state index contributed by atoms with van der Waals surface area (Å²) < 4.78 is 43.6. The Balaban J connectivity index is 1.03. The van der Waals surface area contributed by atoms with Gasteiger partial charge in [-0.1, -0.05) is 127 Å². The molecule has 0 radical (unpaired) electrons. The van der Waals surface area contributed by atoms with Gasteiger partial charge in [0, 0.05) is 46.0 Å². The third-order valence-corrected chi connectivity index (χ3v) is 12.8. The van der Waals surface area contributed by atoms with Crippen LogP contribution in [0.5, 0.6) is 0 Å². The van der Waals surface area contributed by atoms with Crippen LogP contribution in [0.4, 0.5) is 13.2 Å². The molecule has 0 bridgehead atoms. The van der Waals surface area contributed by atoms with Crippen LogP contribution in [-0.2, 0) is 0 Å². The standard InChI is InChI=1S/C57H36F3N3/c58-57(59,60)45-12-7-13-46(31-45)63-53-23-21-40(29-51(53)47-24-25-61-34-54(47)63)44-28-43(32-62-33-44)39-20-22-50-52(30-39)56(42-19-17-36-9-2-4-11-38(36)27-42)49-15-6-5-14-48(49)55(50)41-18-16-35-8-1-3-10-37(35)26-41/h1-12,14-34,46H,13H2. The van der Waals surface area contributed by atoms with E-state index in [4.69, 9.17) is 4.98 Å². The fraction of sp³-hybridized carbons (Fsp3) is 0.0526. The minimum Gasteiger partial charge on any atom is -0.332 e. The van der Waals surface area contributed by atoms with Gasteiger partial charge in [-0.05, 0) is 131 Å². The Labute approximate surface area is 360 Å². The zero-order valence-corrected chi connectivity index (χ0v) is 33.8. The number of pyridine rings is 2. The van der Waals surface area contributed by atoms with Gasteiger partial charge in [-0.25, -0.2) is 0 Å². The third kappa shape index (κ3) is 6.20. The van der Waals surface area contributed by atoms with Crippen molar-refractivity contribution in [3.63, 3.8) is 0 Å². The highest BCUT2D eigenvalue weighted by atomic mass is 19.4. The van der Waals surface area contributed by atoms with Crippen molar-refractivity contribution in [2.24, 2.45) is 0 Å². The summed E-state index contributed by atoms with van der Waals surface area (Å²) in [7, 11) is 0. The van der Waals surface area contributed by atoms with Crippen molar-refractivity contribution in [2.45, 2.75) is 18.6 Å². The first kappa shape index (κ1) is 37.0. The van der Waals surface area contributed by atoms with Crippen molar-refractivity contribution >= 4 is 64.9 Å². The second kappa shape index (κ2) is 14.4. The van der Waals surface area contributed by atoms with Crippen molar-refractivity contribution in [3.8, 4) is 44.5 Å². The van der Waals surface area contributed by atoms with Gasteiger partial charge in [0.1, 0.15) is 0 Å². The molecule has 3 aromatic heterocycles. The molecule has 12 rings (SSSR count). The first-order valence-corrected chi connectivity index (χ1v) is 21.1. The Morgan fingerprint density at radius 3 is 1.68 bits per heavy atom. The maximum Gasteiger partial charge on any atom is 0.416 e. The lowest BCUT2D eigenvalue weighted by atomic mass is 9.84. The molecule has 0 spiro atoms. The van der Waals surface area contributed by atoms with Crippen LogP contribution in [0, 0.1) is 0 Å². The van der Waals surface area contributed by atoms with Crippen molar-refractivity contribution in [1.29, 1.82) is 0 Å². The molecule has 8 aromatic carbocycles. The van der Waals surface area contributed by atoms with Gasteiger partial charge in [0.2, 0.25) is 0 Å². The molecule has 300 valence electrons. The summed E-state index contributed by atoms with van der Waals surface area (Å²) in [4.78, 5) is 9.17. The summed E-state index contributed by atoms with van der Waals surface area (Å²) in [5, 5.41) is 11.4. The normalized spacial score (nSPS) is 14.4. The molecular weight excluding hydrogens is 784 g/mol. The molecule has 0 saturated carbocycles. The van der Waals surface area contributed by atoms with Gasteiger partial charge in [-0.3, -0.25) is 9.97 Å². The van der Waals surface area contributed by atoms with E-state index in [9.17, 15) is 13.2 Å². The van der Waals surface area contributed by atoms with Gasteiger partial charge in [0.15, 0.2) is 0 Å². The lowest BCUT2D eigenvalue weighted by Gasteiger charge is -2.22. The monoisotopic (exact) mass is 819 g/mol. The molecular formula is C57H36F3N3. The van der Waals surface area contributed by atoms with E-state index in [0.29, 0.717) is 6.42 Å². The predicted octanol–water partition coefficient (Wildman–Crippen LogP) is 15.9. The van der Waals surface area contributed by atoms with Crippen LogP contribution in [0.3, 0.4) is 0 Å². The molecule has 0 N–H and O–H groups in total. The van der Waals surface area contributed by atoms with Crippen molar-refractivity contribution in [2.75, 3.05) is 0 Å². The van der Waals surface area contributed by atoms with Gasteiger partial charge in [-0.15, -0.1) is 0 Å². The molecule has 1 aliphatic carbocycles. The molecule has 63 heavy (non-hydrogen) atoms. The zero-order chi connectivity index (χ0) is 42.2. The molecule has 0 saturated heterocycles. The summed E-state index contributed by atoms with van der Waals surface area (Å²) in [5.74, 6) is 0. The number of hydrogen-bond donors (Lipinski definition) is 0. The summed E-state index contributed by atoms with van der Waals surface area (Å²) in [6, 6.07) is 55.9. The van der Waals surface area contributed by atoms with Crippen LogP contribution in [0.2, 0.25) is 0 Å². The number of halogens is 3. The van der Waals surface area contributed by atoms with Gasteiger partial charge in [0.05, 0.1) is 23.3 Å². The van der Waals surface area contributed by atoms with Gasteiger partial charge >= 0.3 is 6.18 Å². The van der Waals surface area contributed by atoms with E-state index in [1.165, 1.54) is 66.5 Å². The van der Waals surface area contributed by atoms with Crippen LogP contribution < -0.4 is 0 Å². The van der Waals surface area contributed by atoms with Crippen LogP contribution in [0.25, 0.3) is 109 Å². The number of nitrogens with zero attached hydrogens (tertiary/aromatic N) is 3. The minimum atomic E-state index is -4.42. The molecule has 1 unspecified atom stereocenters. The average molecular weight is 820 g/mol. The van der Waals surface area contributed by atoms with Gasteiger partial charge < -0.3 is 4.57 Å². The fourth-order valence-corrected chi connectivity index (χ4v) is 9.89. The first-order chi connectivity index (χ1) is 30.9. The topological polar surface area (TPSA) is 30.7 Å². The highest BCUT2D eigenvalue weighted by molar-refractivity contribution is 6.22. The SMILES string of the molecule is FC(F)(F)C1=CC(n2c3ccc(-c4cncc(-c5ccc6c(-c7ccc8ccccc8c7)c7ccccc7c(-c7ccc8ccccc8c7)c6c5)c4)cc3c3ccncc32)CC=C1. The Morgan fingerprint density at radius 1 is 0.444 bits per heavy atom. The molecule has 3 nitrogen and oxygen atoms in total. The smallest absolute Gasteiger partial charge is 0.332 e. The number of hydrogen-bond acceptors (Lipinski definition) is 2.